The Balaban J connectivity index is 1.76. The Morgan fingerprint density at radius 3 is 2.64 bits per heavy atom. The van der Waals surface area contributed by atoms with E-state index in [4.69, 9.17) is 4.74 Å². The van der Waals surface area contributed by atoms with E-state index in [0.29, 0.717) is 12.0 Å². The number of rotatable bonds is 6. The van der Waals surface area contributed by atoms with Gasteiger partial charge in [0.2, 0.25) is 0 Å². The van der Waals surface area contributed by atoms with Crippen LogP contribution in [0.5, 0.6) is 5.75 Å². The minimum atomic E-state index is -1.73. The summed E-state index contributed by atoms with van der Waals surface area (Å²) in [7, 11) is -1.73. The van der Waals surface area contributed by atoms with Gasteiger partial charge in [-0.2, -0.15) is 0 Å². The average Bonchev–Trinajstić information content (AvgIpc) is 3.09. The van der Waals surface area contributed by atoms with Crippen molar-refractivity contribution in [1.29, 1.82) is 0 Å². The second-order valence-electron chi connectivity index (χ2n) is 5.53. The van der Waals surface area contributed by atoms with Crippen LogP contribution in [0.2, 0.25) is 0 Å². The summed E-state index contributed by atoms with van der Waals surface area (Å²) in [5.41, 5.74) is 3.35. The van der Waals surface area contributed by atoms with Crippen molar-refractivity contribution in [2.75, 3.05) is 0 Å². The molecule has 7 heteroatoms. The number of carbonyl (C=O) groups is 1. The van der Waals surface area contributed by atoms with E-state index in [0.717, 1.165) is 16.3 Å². The molecule has 126 valence electrons. The van der Waals surface area contributed by atoms with Crippen LogP contribution in [-0.4, -0.2) is 28.4 Å². The van der Waals surface area contributed by atoms with Crippen LogP contribution in [0, 0.1) is 6.92 Å². The summed E-state index contributed by atoms with van der Waals surface area (Å²) in [6.07, 6.45) is 0.559. The largest absolute Gasteiger partial charge is 0.489 e. The molecule has 0 bridgehead atoms. The molecule has 5 nitrogen and oxygen atoms in total. The predicted octanol–water partition coefficient (Wildman–Crippen LogP) is 2.19. The maximum absolute atomic E-state index is 11.3. The molecule has 3 aromatic rings. The molecule has 25 heavy (non-hydrogen) atoms. The first-order valence-electron chi connectivity index (χ1n) is 7.67. The number of nitrogens with zero attached hydrogens (tertiary/aromatic N) is 1. The molecular weight excluding hydrogens is 337 g/mol. The van der Waals surface area contributed by atoms with Crippen LogP contribution < -0.4 is 10.2 Å². The third kappa shape index (κ3) is 3.96. The quantitative estimate of drug-likeness (QED) is 0.525. The Bertz CT molecular complexity index is 877. The van der Waals surface area contributed by atoms with E-state index < -0.39 is 7.12 Å². The standard InChI is InChI=1S/C18H16BNO4S/c1-12-5-7-13(8-6-12)16-11-25-18(20-16)10-24-17-4-2-3-15(19(22)23)14(17)9-21/h2-9,11,22-23H,10H2,1H3. The summed E-state index contributed by atoms with van der Waals surface area (Å²) >= 11 is 1.47. The Morgan fingerprint density at radius 2 is 1.96 bits per heavy atom. The van der Waals surface area contributed by atoms with Gasteiger partial charge in [-0.3, -0.25) is 4.79 Å². The lowest BCUT2D eigenvalue weighted by molar-refractivity contribution is 0.111. The minimum absolute atomic E-state index is 0.118. The molecule has 1 aromatic heterocycles. The minimum Gasteiger partial charge on any atom is -0.486 e. The van der Waals surface area contributed by atoms with Crippen LogP contribution in [0.25, 0.3) is 11.3 Å². The lowest BCUT2D eigenvalue weighted by Crippen LogP contribution is -2.33. The summed E-state index contributed by atoms with van der Waals surface area (Å²) in [5, 5.41) is 21.4. The van der Waals surface area contributed by atoms with Crippen molar-refractivity contribution in [2.45, 2.75) is 13.5 Å². The van der Waals surface area contributed by atoms with Gasteiger partial charge in [-0.15, -0.1) is 11.3 Å². The zero-order valence-corrected chi connectivity index (χ0v) is 14.4. The number of hydrogen-bond donors (Lipinski definition) is 2. The third-order valence-electron chi connectivity index (χ3n) is 3.75. The molecule has 0 fully saturated rings. The van der Waals surface area contributed by atoms with Gasteiger partial charge in [-0.1, -0.05) is 42.0 Å². The van der Waals surface area contributed by atoms with E-state index >= 15 is 0 Å². The van der Waals surface area contributed by atoms with Crippen molar-refractivity contribution < 1.29 is 19.6 Å². The number of aldehydes is 1. The maximum atomic E-state index is 11.3. The van der Waals surface area contributed by atoms with E-state index in [9.17, 15) is 14.8 Å². The molecule has 3 rings (SSSR count). The number of hydrogen-bond acceptors (Lipinski definition) is 6. The molecule has 0 saturated carbocycles. The zero-order chi connectivity index (χ0) is 17.8. The number of ether oxygens (including phenoxy) is 1. The molecule has 0 atom stereocenters. The van der Waals surface area contributed by atoms with E-state index in [-0.39, 0.29) is 17.6 Å². The van der Waals surface area contributed by atoms with Gasteiger partial charge in [0, 0.05) is 10.9 Å². The van der Waals surface area contributed by atoms with Gasteiger partial charge < -0.3 is 14.8 Å². The molecule has 0 aliphatic carbocycles. The van der Waals surface area contributed by atoms with Crippen LogP contribution in [0.15, 0.2) is 47.8 Å². The molecule has 0 radical (unpaired) electrons. The predicted molar refractivity (Wildman–Crippen MR) is 98.3 cm³/mol. The van der Waals surface area contributed by atoms with Gasteiger partial charge in [0.25, 0.3) is 0 Å². The topological polar surface area (TPSA) is 79.6 Å². The fourth-order valence-corrected chi connectivity index (χ4v) is 3.13. The third-order valence-corrected chi connectivity index (χ3v) is 4.57. The summed E-state index contributed by atoms with van der Waals surface area (Å²) in [5.74, 6) is 0.299. The van der Waals surface area contributed by atoms with Crippen molar-refractivity contribution in [2.24, 2.45) is 0 Å². The number of aryl methyl sites for hydroxylation is 1. The van der Waals surface area contributed by atoms with Crippen LogP contribution in [0.1, 0.15) is 20.9 Å². The van der Waals surface area contributed by atoms with Gasteiger partial charge in [-0.05, 0) is 18.5 Å². The van der Waals surface area contributed by atoms with Crippen molar-refractivity contribution in [3.05, 3.63) is 64.0 Å². The van der Waals surface area contributed by atoms with E-state index in [1.165, 1.54) is 23.0 Å². The van der Waals surface area contributed by atoms with Crippen LogP contribution in [0.4, 0.5) is 0 Å². The number of carbonyl (C=O) groups excluding carboxylic acids is 1. The zero-order valence-electron chi connectivity index (χ0n) is 13.5. The van der Waals surface area contributed by atoms with Crippen LogP contribution in [0.3, 0.4) is 0 Å². The Kier molecular flexibility index (Phi) is 5.28. The van der Waals surface area contributed by atoms with Crippen LogP contribution >= 0.6 is 11.3 Å². The molecule has 0 unspecified atom stereocenters. The first kappa shape index (κ1) is 17.4. The molecule has 0 amide bonds. The number of aromatic nitrogens is 1. The maximum Gasteiger partial charge on any atom is 0.489 e. The lowest BCUT2D eigenvalue weighted by atomic mass is 9.77. The van der Waals surface area contributed by atoms with Gasteiger partial charge in [0.1, 0.15) is 17.4 Å². The summed E-state index contributed by atoms with van der Waals surface area (Å²) < 4.78 is 5.67. The van der Waals surface area contributed by atoms with Crippen molar-refractivity contribution >= 4 is 30.2 Å². The molecule has 0 aliphatic heterocycles. The van der Waals surface area contributed by atoms with Crippen molar-refractivity contribution in [1.82, 2.24) is 4.98 Å². The van der Waals surface area contributed by atoms with E-state index in [1.807, 2.05) is 36.6 Å². The molecule has 2 aromatic carbocycles. The molecule has 2 N–H and O–H groups in total. The highest BCUT2D eigenvalue weighted by Gasteiger charge is 2.19. The SMILES string of the molecule is Cc1ccc(-c2csc(COc3cccc(B(O)O)c3C=O)n2)cc1. The highest BCUT2D eigenvalue weighted by molar-refractivity contribution is 7.09. The monoisotopic (exact) mass is 353 g/mol. The molecule has 1 heterocycles. The van der Waals surface area contributed by atoms with E-state index in [1.54, 1.807) is 12.1 Å². The molecule has 0 aliphatic rings. The molecular formula is C18H16BNO4S. The highest BCUT2D eigenvalue weighted by Crippen LogP contribution is 2.24. The van der Waals surface area contributed by atoms with Crippen molar-refractivity contribution in [3.63, 3.8) is 0 Å². The van der Waals surface area contributed by atoms with Gasteiger partial charge in [-0.25, -0.2) is 4.98 Å². The van der Waals surface area contributed by atoms with Gasteiger partial charge >= 0.3 is 7.12 Å². The molecule has 0 spiro atoms. The van der Waals surface area contributed by atoms with Gasteiger partial charge in [0.15, 0.2) is 6.29 Å². The van der Waals surface area contributed by atoms with E-state index in [2.05, 4.69) is 4.98 Å². The smallest absolute Gasteiger partial charge is 0.486 e. The first-order valence-corrected chi connectivity index (χ1v) is 8.55. The fraction of sp³-hybridized carbons (Fsp3) is 0.111. The second-order valence-corrected chi connectivity index (χ2v) is 6.47. The lowest BCUT2D eigenvalue weighted by Gasteiger charge is -2.10. The first-order chi connectivity index (χ1) is 12.1. The summed E-state index contributed by atoms with van der Waals surface area (Å²) in [6, 6.07) is 12.8. The summed E-state index contributed by atoms with van der Waals surface area (Å²) in [6.45, 7) is 2.23. The summed E-state index contributed by atoms with van der Waals surface area (Å²) in [4.78, 5) is 15.8. The number of benzene rings is 2. The molecule has 0 saturated heterocycles. The Labute approximate surface area is 149 Å². The van der Waals surface area contributed by atoms with Gasteiger partial charge in [0.05, 0.1) is 11.3 Å². The Hall–Kier alpha value is -2.48. The second kappa shape index (κ2) is 7.61. The average molecular weight is 353 g/mol. The van der Waals surface area contributed by atoms with Crippen LogP contribution in [-0.2, 0) is 6.61 Å². The number of thiazole rings is 1. The highest BCUT2D eigenvalue weighted by atomic mass is 32.1. The fourth-order valence-electron chi connectivity index (χ4n) is 2.41. The normalized spacial score (nSPS) is 10.5. The Morgan fingerprint density at radius 1 is 1.20 bits per heavy atom. The van der Waals surface area contributed by atoms with Crippen molar-refractivity contribution in [3.8, 4) is 17.0 Å².